The van der Waals surface area contributed by atoms with Crippen LogP contribution in [0.15, 0.2) is 85.3 Å². The van der Waals surface area contributed by atoms with E-state index in [4.69, 9.17) is 9.47 Å². The van der Waals surface area contributed by atoms with Gasteiger partial charge in [-0.05, 0) is 35.7 Å². The van der Waals surface area contributed by atoms with Crippen LogP contribution in [0, 0.1) is 11.3 Å². The summed E-state index contributed by atoms with van der Waals surface area (Å²) in [5.41, 5.74) is 5.14. The minimum atomic E-state index is 0.368. The molecule has 0 spiro atoms. The van der Waals surface area contributed by atoms with Gasteiger partial charge >= 0.3 is 0 Å². The zero-order valence-corrected chi connectivity index (χ0v) is 19.8. The van der Waals surface area contributed by atoms with Crippen molar-refractivity contribution >= 4 is 22.3 Å². The maximum Gasteiger partial charge on any atom is 0.163 e. The number of ether oxygens (including phenoxy) is 2. The molecular weight excluding hydrogens is 452 g/mol. The van der Waals surface area contributed by atoms with E-state index < -0.39 is 0 Å². The summed E-state index contributed by atoms with van der Waals surface area (Å²) in [6.45, 7) is 0.870. The van der Waals surface area contributed by atoms with Crippen molar-refractivity contribution in [1.82, 2.24) is 20.0 Å². The number of nitrogens with one attached hydrogen (secondary N) is 1. The summed E-state index contributed by atoms with van der Waals surface area (Å²) < 4.78 is 11.5. The quantitative estimate of drug-likeness (QED) is 0.315. The highest BCUT2D eigenvalue weighted by Gasteiger charge is 2.15. The molecule has 0 aliphatic rings. The number of methoxy groups -OCH3 is 1. The molecule has 0 saturated carbocycles. The summed E-state index contributed by atoms with van der Waals surface area (Å²) in [5, 5.41) is 22.1. The third-order valence-electron chi connectivity index (χ3n) is 5.76. The number of pyridine rings is 1. The molecule has 8 heteroatoms. The summed E-state index contributed by atoms with van der Waals surface area (Å²) in [5.74, 6) is 1.11. The molecule has 0 unspecified atom stereocenters. The van der Waals surface area contributed by atoms with Crippen molar-refractivity contribution in [1.29, 1.82) is 5.26 Å². The zero-order valence-electron chi connectivity index (χ0n) is 19.8. The Kier molecular flexibility index (Phi) is 6.72. The molecule has 3 aromatic carbocycles. The normalized spacial score (nSPS) is 10.7. The Labute approximate surface area is 208 Å². The lowest BCUT2D eigenvalue weighted by Gasteiger charge is -2.15. The fourth-order valence-corrected chi connectivity index (χ4v) is 3.97. The molecule has 0 bridgehead atoms. The first kappa shape index (κ1) is 22.9. The van der Waals surface area contributed by atoms with Crippen molar-refractivity contribution in [3.8, 4) is 17.6 Å². The lowest BCUT2D eigenvalue weighted by atomic mass is 10.0. The minimum absolute atomic E-state index is 0.368. The smallest absolute Gasteiger partial charge is 0.163 e. The Morgan fingerprint density at radius 3 is 2.42 bits per heavy atom. The van der Waals surface area contributed by atoms with E-state index >= 15 is 0 Å². The molecule has 5 aromatic rings. The van der Waals surface area contributed by atoms with E-state index in [1.54, 1.807) is 30.5 Å². The van der Waals surface area contributed by atoms with Gasteiger partial charge in [-0.1, -0.05) is 42.5 Å². The molecule has 2 aromatic heterocycles. The van der Waals surface area contributed by atoms with E-state index in [-0.39, 0.29) is 0 Å². The Bertz CT molecular complexity index is 1490. The summed E-state index contributed by atoms with van der Waals surface area (Å²) in [4.78, 5) is 6.04. The molecule has 5 rings (SSSR count). The van der Waals surface area contributed by atoms with Gasteiger partial charge in [0.25, 0.3) is 0 Å². The van der Waals surface area contributed by atoms with E-state index in [2.05, 4.69) is 50.8 Å². The largest absolute Gasteiger partial charge is 0.493 e. The van der Waals surface area contributed by atoms with Crippen molar-refractivity contribution in [2.45, 2.75) is 13.0 Å². The van der Waals surface area contributed by atoms with Gasteiger partial charge in [-0.25, -0.2) is 0 Å². The van der Waals surface area contributed by atoms with E-state index in [0.29, 0.717) is 41.4 Å². The van der Waals surface area contributed by atoms with Crippen LogP contribution >= 0.6 is 0 Å². The molecule has 2 heterocycles. The van der Waals surface area contributed by atoms with Gasteiger partial charge in [0, 0.05) is 23.3 Å². The third kappa shape index (κ3) is 5.10. The highest BCUT2D eigenvalue weighted by Crippen LogP contribution is 2.37. The maximum absolute atomic E-state index is 9.75. The van der Waals surface area contributed by atoms with Crippen LogP contribution in [0.1, 0.15) is 16.7 Å². The Balaban J connectivity index is 1.40. The van der Waals surface area contributed by atoms with E-state index in [0.717, 1.165) is 17.5 Å². The molecule has 0 amide bonds. The van der Waals surface area contributed by atoms with E-state index in [1.165, 1.54) is 11.1 Å². The van der Waals surface area contributed by atoms with Crippen LogP contribution in [-0.2, 0) is 13.0 Å². The minimum Gasteiger partial charge on any atom is -0.493 e. The van der Waals surface area contributed by atoms with E-state index in [9.17, 15) is 5.26 Å². The first-order chi connectivity index (χ1) is 17.7. The molecule has 0 aliphatic heterocycles. The van der Waals surface area contributed by atoms with Gasteiger partial charge in [0.1, 0.15) is 12.7 Å². The molecular formula is C28H24N6O2. The standard InChI is InChI=1S/C28H24N6O2/c1-35-26-16-24-25(17-27(26)36-14-13-34-31-11-12-32-34)30-19-22(18-29)28(24)33-23-9-7-21(8-10-23)15-20-5-3-2-4-6-20/h2-12,16-17,19H,13-15H2,1H3,(H,30,33). The number of rotatable bonds is 9. The molecule has 0 aliphatic carbocycles. The van der Waals surface area contributed by atoms with Gasteiger partial charge in [-0.3, -0.25) is 4.98 Å². The lowest BCUT2D eigenvalue weighted by Crippen LogP contribution is -2.11. The number of nitrogens with zero attached hydrogens (tertiary/aromatic N) is 5. The predicted molar refractivity (Wildman–Crippen MR) is 137 cm³/mol. The van der Waals surface area contributed by atoms with Crippen molar-refractivity contribution in [3.05, 3.63) is 102 Å². The summed E-state index contributed by atoms with van der Waals surface area (Å²) in [7, 11) is 1.59. The highest BCUT2D eigenvalue weighted by molar-refractivity contribution is 5.97. The maximum atomic E-state index is 9.75. The van der Waals surface area contributed by atoms with Gasteiger partial charge < -0.3 is 14.8 Å². The predicted octanol–water partition coefficient (Wildman–Crippen LogP) is 5.12. The van der Waals surface area contributed by atoms with Crippen LogP contribution in [0.5, 0.6) is 11.5 Å². The number of aromatic nitrogens is 4. The fraction of sp³-hybridized carbons (Fsp3) is 0.143. The van der Waals surface area contributed by atoms with Crippen LogP contribution in [0.4, 0.5) is 11.4 Å². The van der Waals surface area contributed by atoms with Crippen molar-refractivity contribution in [2.24, 2.45) is 0 Å². The number of hydrogen-bond donors (Lipinski definition) is 1. The monoisotopic (exact) mass is 476 g/mol. The molecule has 1 N–H and O–H groups in total. The van der Waals surface area contributed by atoms with Gasteiger partial charge in [-0.15, -0.1) is 0 Å². The average molecular weight is 477 g/mol. The second kappa shape index (κ2) is 10.6. The van der Waals surface area contributed by atoms with Gasteiger partial charge in [0.05, 0.1) is 42.8 Å². The number of nitriles is 1. The number of fused-ring (bicyclic) bond motifs is 1. The second-order valence-corrected chi connectivity index (χ2v) is 8.14. The average Bonchev–Trinajstić information content (AvgIpc) is 3.44. The SMILES string of the molecule is COc1cc2c(Nc3ccc(Cc4ccccc4)cc3)c(C#N)cnc2cc1OCCn1nccn1. The molecule has 0 radical (unpaired) electrons. The molecule has 0 fully saturated rings. The molecule has 178 valence electrons. The van der Waals surface area contributed by atoms with E-state index in [1.807, 2.05) is 42.5 Å². The Hall–Kier alpha value is -4.90. The molecule has 0 atom stereocenters. The topological polar surface area (TPSA) is 97.9 Å². The Morgan fingerprint density at radius 1 is 0.944 bits per heavy atom. The van der Waals surface area contributed by atoms with Gasteiger partial charge in [0.2, 0.25) is 0 Å². The second-order valence-electron chi connectivity index (χ2n) is 8.14. The van der Waals surface area contributed by atoms with Crippen LogP contribution in [0.3, 0.4) is 0 Å². The molecule has 8 nitrogen and oxygen atoms in total. The first-order valence-corrected chi connectivity index (χ1v) is 11.5. The summed E-state index contributed by atoms with van der Waals surface area (Å²) in [6, 6.07) is 24.5. The van der Waals surface area contributed by atoms with Crippen molar-refractivity contribution in [2.75, 3.05) is 19.0 Å². The molecule has 36 heavy (non-hydrogen) atoms. The lowest BCUT2D eigenvalue weighted by molar-refractivity contribution is 0.267. The van der Waals surface area contributed by atoms with Gasteiger partial charge in [-0.2, -0.15) is 20.3 Å². The zero-order chi connectivity index (χ0) is 24.7. The fourth-order valence-electron chi connectivity index (χ4n) is 3.97. The summed E-state index contributed by atoms with van der Waals surface area (Å²) in [6.07, 6.45) is 5.68. The highest BCUT2D eigenvalue weighted by atomic mass is 16.5. The first-order valence-electron chi connectivity index (χ1n) is 11.5. The Morgan fingerprint density at radius 2 is 1.69 bits per heavy atom. The summed E-state index contributed by atoms with van der Waals surface area (Å²) >= 11 is 0. The van der Waals surface area contributed by atoms with Crippen LogP contribution in [0.2, 0.25) is 0 Å². The molecule has 0 saturated heterocycles. The number of hydrogen-bond acceptors (Lipinski definition) is 7. The van der Waals surface area contributed by atoms with Crippen LogP contribution in [-0.4, -0.2) is 33.7 Å². The number of benzene rings is 3. The van der Waals surface area contributed by atoms with Crippen LogP contribution in [0.25, 0.3) is 10.9 Å². The van der Waals surface area contributed by atoms with Crippen molar-refractivity contribution in [3.63, 3.8) is 0 Å². The van der Waals surface area contributed by atoms with Crippen LogP contribution < -0.4 is 14.8 Å². The van der Waals surface area contributed by atoms with Gasteiger partial charge in [0.15, 0.2) is 11.5 Å². The van der Waals surface area contributed by atoms with Crippen molar-refractivity contribution < 1.29 is 9.47 Å². The number of anilines is 2. The third-order valence-corrected chi connectivity index (χ3v) is 5.76.